The fraction of sp³-hybridized carbons (Fsp3) is 0.684. The van der Waals surface area contributed by atoms with Gasteiger partial charge in [0.15, 0.2) is 0 Å². The van der Waals surface area contributed by atoms with Crippen molar-refractivity contribution in [3.8, 4) is 0 Å². The zero-order chi connectivity index (χ0) is 15.1. The molecular formula is C19H32N2. The number of rotatable bonds is 10. The molecule has 0 saturated heterocycles. The summed E-state index contributed by atoms with van der Waals surface area (Å²) in [5, 5.41) is 3.68. The first-order valence-corrected chi connectivity index (χ1v) is 8.77. The average Bonchev–Trinajstić information content (AvgIpc) is 3.35. The molecule has 1 fully saturated rings. The highest BCUT2D eigenvalue weighted by Gasteiger charge is 2.23. The molecule has 118 valence electrons. The van der Waals surface area contributed by atoms with Crippen molar-refractivity contribution in [2.75, 3.05) is 19.6 Å². The van der Waals surface area contributed by atoms with Crippen LogP contribution in [0.15, 0.2) is 24.3 Å². The summed E-state index contributed by atoms with van der Waals surface area (Å²) in [6, 6.07) is 9.75. The first kappa shape index (κ1) is 16.5. The minimum Gasteiger partial charge on any atom is -0.310 e. The van der Waals surface area contributed by atoms with Crippen LogP contribution in [0.4, 0.5) is 0 Å². The first-order valence-electron chi connectivity index (χ1n) is 8.77. The second-order valence-corrected chi connectivity index (χ2v) is 6.47. The van der Waals surface area contributed by atoms with E-state index in [1.165, 1.54) is 50.9 Å². The molecule has 21 heavy (non-hydrogen) atoms. The van der Waals surface area contributed by atoms with Crippen LogP contribution >= 0.6 is 0 Å². The van der Waals surface area contributed by atoms with Crippen molar-refractivity contribution in [2.24, 2.45) is 0 Å². The van der Waals surface area contributed by atoms with E-state index in [0.717, 1.165) is 12.5 Å². The van der Waals surface area contributed by atoms with E-state index in [0.29, 0.717) is 6.04 Å². The quantitative estimate of drug-likeness (QED) is 0.695. The summed E-state index contributed by atoms with van der Waals surface area (Å²) < 4.78 is 0. The van der Waals surface area contributed by atoms with Gasteiger partial charge in [-0.25, -0.2) is 0 Å². The van der Waals surface area contributed by atoms with Gasteiger partial charge in [0.05, 0.1) is 0 Å². The molecular weight excluding hydrogens is 256 g/mol. The van der Waals surface area contributed by atoms with Crippen molar-refractivity contribution in [3.63, 3.8) is 0 Å². The minimum atomic E-state index is 0.602. The van der Waals surface area contributed by atoms with Crippen molar-refractivity contribution in [1.29, 1.82) is 0 Å². The largest absolute Gasteiger partial charge is 0.310 e. The molecule has 1 saturated carbocycles. The number of nitrogens with one attached hydrogen (secondary N) is 1. The summed E-state index contributed by atoms with van der Waals surface area (Å²) in [4.78, 5) is 2.51. The van der Waals surface area contributed by atoms with Crippen LogP contribution in [0.3, 0.4) is 0 Å². The zero-order valence-electron chi connectivity index (χ0n) is 14.1. The predicted molar refractivity (Wildman–Crippen MR) is 91.7 cm³/mol. The average molecular weight is 288 g/mol. The molecule has 2 rings (SSSR count). The van der Waals surface area contributed by atoms with Crippen molar-refractivity contribution in [3.05, 3.63) is 35.4 Å². The number of nitrogens with zero attached hydrogens (tertiary/aromatic N) is 1. The third-order valence-electron chi connectivity index (χ3n) is 4.66. The molecule has 0 radical (unpaired) electrons. The van der Waals surface area contributed by atoms with Gasteiger partial charge < -0.3 is 10.2 Å². The van der Waals surface area contributed by atoms with E-state index in [1.807, 2.05) is 0 Å². The maximum Gasteiger partial charge on any atom is 0.0208 e. The Morgan fingerprint density at radius 2 is 2.00 bits per heavy atom. The van der Waals surface area contributed by atoms with Crippen LogP contribution in [-0.2, 0) is 6.54 Å². The lowest BCUT2D eigenvalue weighted by molar-refractivity contribution is 0.290. The third-order valence-corrected chi connectivity index (χ3v) is 4.66. The fourth-order valence-corrected chi connectivity index (χ4v) is 2.93. The summed E-state index contributed by atoms with van der Waals surface area (Å²) in [5.41, 5.74) is 2.98. The van der Waals surface area contributed by atoms with E-state index in [9.17, 15) is 0 Å². The fourth-order valence-electron chi connectivity index (χ4n) is 2.93. The van der Waals surface area contributed by atoms with Crippen molar-refractivity contribution in [2.45, 2.75) is 65.0 Å². The van der Waals surface area contributed by atoms with Gasteiger partial charge in [0.25, 0.3) is 0 Å². The molecule has 1 aromatic rings. The van der Waals surface area contributed by atoms with Crippen LogP contribution in [0.1, 0.15) is 63.5 Å². The molecule has 0 amide bonds. The monoisotopic (exact) mass is 288 g/mol. The normalized spacial score (nSPS) is 16.4. The maximum atomic E-state index is 3.68. The second kappa shape index (κ2) is 8.55. The molecule has 0 heterocycles. The van der Waals surface area contributed by atoms with Crippen LogP contribution in [-0.4, -0.2) is 30.6 Å². The Hall–Kier alpha value is -0.860. The van der Waals surface area contributed by atoms with E-state index in [4.69, 9.17) is 0 Å². The van der Waals surface area contributed by atoms with E-state index >= 15 is 0 Å². The maximum absolute atomic E-state index is 3.68. The van der Waals surface area contributed by atoms with Gasteiger partial charge in [-0.05, 0) is 69.3 Å². The van der Waals surface area contributed by atoms with Gasteiger partial charge in [-0.15, -0.1) is 0 Å². The Morgan fingerprint density at radius 1 is 1.24 bits per heavy atom. The van der Waals surface area contributed by atoms with Gasteiger partial charge in [-0.2, -0.15) is 0 Å². The van der Waals surface area contributed by atoms with E-state index in [2.05, 4.69) is 55.3 Å². The summed E-state index contributed by atoms with van der Waals surface area (Å²) in [5.74, 6) is 0.858. The lowest BCUT2D eigenvalue weighted by Gasteiger charge is -2.20. The first-order chi connectivity index (χ1) is 10.2. The molecule has 1 aliphatic carbocycles. The summed E-state index contributed by atoms with van der Waals surface area (Å²) >= 11 is 0. The van der Waals surface area contributed by atoms with Gasteiger partial charge in [0.2, 0.25) is 0 Å². The van der Waals surface area contributed by atoms with Gasteiger partial charge in [-0.1, -0.05) is 38.1 Å². The zero-order valence-corrected chi connectivity index (χ0v) is 14.1. The van der Waals surface area contributed by atoms with Crippen LogP contribution in [0.25, 0.3) is 0 Å². The van der Waals surface area contributed by atoms with Crippen LogP contribution in [0, 0.1) is 0 Å². The highest BCUT2D eigenvalue weighted by Crippen LogP contribution is 2.40. The lowest BCUT2D eigenvalue weighted by atomic mass is 10.1. The van der Waals surface area contributed by atoms with E-state index in [1.54, 1.807) is 5.56 Å². The van der Waals surface area contributed by atoms with Gasteiger partial charge in [-0.3, -0.25) is 0 Å². The smallest absolute Gasteiger partial charge is 0.0208 e. The molecule has 1 aromatic carbocycles. The molecule has 1 N–H and O–H groups in total. The summed E-state index contributed by atoms with van der Waals surface area (Å²) in [6.45, 7) is 11.4. The lowest BCUT2D eigenvalue weighted by Crippen LogP contribution is -2.28. The van der Waals surface area contributed by atoms with E-state index < -0.39 is 0 Å². The summed E-state index contributed by atoms with van der Waals surface area (Å²) in [6.07, 6.45) is 5.33. The van der Waals surface area contributed by atoms with Crippen molar-refractivity contribution >= 4 is 0 Å². The molecule has 2 nitrogen and oxygen atoms in total. The van der Waals surface area contributed by atoms with Gasteiger partial charge in [0, 0.05) is 12.6 Å². The number of benzene rings is 1. The van der Waals surface area contributed by atoms with Crippen molar-refractivity contribution in [1.82, 2.24) is 10.2 Å². The molecule has 0 bridgehead atoms. The van der Waals surface area contributed by atoms with Crippen LogP contribution < -0.4 is 5.32 Å². The van der Waals surface area contributed by atoms with Crippen LogP contribution in [0.5, 0.6) is 0 Å². The third kappa shape index (κ3) is 5.80. The Balaban J connectivity index is 1.66. The standard InChI is InChI=1S/C19H32N2/c1-4-21(5-2)13-7-8-16(3)20-15-17-9-6-10-19(14-17)18-11-12-18/h6,9-10,14,16,18,20H,4-5,7-8,11-13,15H2,1-3H3. The molecule has 1 aliphatic rings. The molecule has 1 atom stereocenters. The Kier molecular flexibility index (Phi) is 6.72. The minimum absolute atomic E-state index is 0.602. The van der Waals surface area contributed by atoms with Crippen molar-refractivity contribution < 1.29 is 0 Å². The topological polar surface area (TPSA) is 15.3 Å². The second-order valence-electron chi connectivity index (χ2n) is 6.47. The van der Waals surface area contributed by atoms with Crippen LogP contribution in [0.2, 0.25) is 0 Å². The molecule has 1 unspecified atom stereocenters. The highest BCUT2D eigenvalue weighted by atomic mass is 15.1. The molecule has 2 heteroatoms. The highest BCUT2D eigenvalue weighted by molar-refractivity contribution is 5.29. The van der Waals surface area contributed by atoms with Gasteiger partial charge in [0.1, 0.15) is 0 Å². The van der Waals surface area contributed by atoms with Gasteiger partial charge >= 0.3 is 0 Å². The molecule has 0 aliphatic heterocycles. The Labute approximate surface area is 130 Å². The Bertz CT molecular complexity index is 408. The SMILES string of the molecule is CCN(CC)CCCC(C)NCc1cccc(C2CC2)c1. The Morgan fingerprint density at radius 3 is 2.67 bits per heavy atom. The molecule has 0 spiro atoms. The summed E-state index contributed by atoms with van der Waals surface area (Å²) in [7, 11) is 0. The van der Waals surface area contributed by atoms with E-state index in [-0.39, 0.29) is 0 Å². The number of hydrogen-bond donors (Lipinski definition) is 1. The predicted octanol–water partition coefficient (Wildman–Crippen LogP) is 4.16. The number of hydrogen-bond acceptors (Lipinski definition) is 2. The molecule has 0 aromatic heterocycles.